The van der Waals surface area contributed by atoms with Crippen molar-refractivity contribution in [1.29, 1.82) is 0 Å². The van der Waals surface area contributed by atoms with Crippen LogP contribution in [0.15, 0.2) is 30.3 Å². The second kappa shape index (κ2) is 6.91. The molecular formula is C18H17FN2O5. The molecule has 0 aliphatic carbocycles. The number of fused-ring (bicyclic) bond motifs is 1. The number of carbonyl (C=O) groups excluding carboxylic acids is 1. The van der Waals surface area contributed by atoms with E-state index in [1.165, 1.54) is 32.4 Å². The van der Waals surface area contributed by atoms with Crippen molar-refractivity contribution in [2.24, 2.45) is 0 Å². The van der Waals surface area contributed by atoms with E-state index in [2.05, 4.69) is 10.6 Å². The number of halogens is 1. The zero-order valence-electron chi connectivity index (χ0n) is 14.1. The lowest BCUT2D eigenvalue weighted by Gasteiger charge is -2.19. The van der Waals surface area contributed by atoms with Gasteiger partial charge in [-0.2, -0.15) is 0 Å². The van der Waals surface area contributed by atoms with Crippen LogP contribution in [-0.2, 0) is 11.3 Å². The maximum atomic E-state index is 14.3. The summed E-state index contributed by atoms with van der Waals surface area (Å²) < 4.78 is 24.7. The number of nitrogens with one attached hydrogen (secondary N) is 2. The lowest BCUT2D eigenvalue weighted by Crippen LogP contribution is -2.21. The number of rotatable bonds is 6. The molecule has 8 heteroatoms. The van der Waals surface area contributed by atoms with Gasteiger partial charge in [0.2, 0.25) is 0 Å². The van der Waals surface area contributed by atoms with Crippen molar-refractivity contribution in [3.63, 3.8) is 0 Å². The van der Waals surface area contributed by atoms with Crippen LogP contribution in [0.2, 0.25) is 0 Å². The van der Waals surface area contributed by atoms with E-state index in [1.54, 1.807) is 12.1 Å². The number of carboxylic acid groups (broad SMARTS) is 1. The fourth-order valence-electron chi connectivity index (χ4n) is 2.83. The Kier molecular flexibility index (Phi) is 4.66. The molecule has 0 radical (unpaired) electrons. The van der Waals surface area contributed by atoms with E-state index >= 15 is 0 Å². The number of anilines is 1. The largest absolute Gasteiger partial charge is 0.493 e. The van der Waals surface area contributed by atoms with E-state index in [0.717, 1.165) is 0 Å². The fourth-order valence-corrected chi connectivity index (χ4v) is 2.83. The molecule has 1 heterocycles. The topological polar surface area (TPSA) is 96.9 Å². The SMILES string of the molecule is COc1ccc([C@H](Nc2cc3c(cc2F)CNC3=O)C(=O)O)cc1OC. The van der Waals surface area contributed by atoms with Gasteiger partial charge in [0, 0.05) is 12.1 Å². The summed E-state index contributed by atoms with van der Waals surface area (Å²) in [6.07, 6.45) is 0. The summed E-state index contributed by atoms with van der Waals surface area (Å²) in [6.45, 7) is 0.253. The number of benzene rings is 2. The van der Waals surface area contributed by atoms with E-state index in [-0.39, 0.29) is 18.1 Å². The number of carbonyl (C=O) groups is 2. The minimum absolute atomic E-state index is 0.0667. The molecule has 136 valence electrons. The third-order valence-electron chi connectivity index (χ3n) is 4.16. The maximum absolute atomic E-state index is 14.3. The summed E-state index contributed by atoms with van der Waals surface area (Å²) in [6, 6.07) is 5.92. The Hall–Kier alpha value is -3.29. The van der Waals surface area contributed by atoms with Crippen LogP contribution >= 0.6 is 0 Å². The van der Waals surface area contributed by atoms with Crippen molar-refractivity contribution in [3.8, 4) is 11.5 Å². The first-order valence-electron chi connectivity index (χ1n) is 7.76. The Bertz CT molecular complexity index is 884. The highest BCUT2D eigenvalue weighted by Gasteiger charge is 2.26. The molecule has 0 aromatic heterocycles. The van der Waals surface area contributed by atoms with E-state index < -0.39 is 17.8 Å². The predicted molar refractivity (Wildman–Crippen MR) is 91.1 cm³/mol. The number of amides is 1. The Morgan fingerprint density at radius 1 is 1.23 bits per heavy atom. The number of ether oxygens (including phenoxy) is 2. The fraction of sp³-hybridized carbons (Fsp3) is 0.222. The average Bonchev–Trinajstić information content (AvgIpc) is 2.98. The van der Waals surface area contributed by atoms with Gasteiger partial charge in [0.05, 0.1) is 19.9 Å². The molecule has 0 spiro atoms. The summed E-state index contributed by atoms with van der Waals surface area (Å²) in [5, 5.41) is 14.8. The van der Waals surface area contributed by atoms with Gasteiger partial charge in [-0.15, -0.1) is 0 Å². The third kappa shape index (κ3) is 3.13. The zero-order valence-corrected chi connectivity index (χ0v) is 14.1. The molecule has 1 aliphatic rings. The first kappa shape index (κ1) is 17.5. The van der Waals surface area contributed by atoms with Crippen molar-refractivity contribution >= 4 is 17.6 Å². The summed E-state index contributed by atoms with van der Waals surface area (Å²) in [4.78, 5) is 23.5. The minimum Gasteiger partial charge on any atom is -0.493 e. The molecule has 0 unspecified atom stereocenters. The predicted octanol–water partition coefficient (Wildman–Crippen LogP) is 2.32. The number of aliphatic carboxylic acids is 1. The third-order valence-corrected chi connectivity index (χ3v) is 4.16. The molecule has 1 atom stereocenters. The monoisotopic (exact) mass is 360 g/mol. The Morgan fingerprint density at radius 3 is 2.62 bits per heavy atom. The first-order chi connectivity index (χ1) is 12.4. The van der Waals surface area contributed by atoms with Gasteiger partial charge in [-0.3, -0.25) is 4.79 Å². The second-order valence-corrected chi connectivity index (χ2v) is 5.70. The van der Waals surface area contributed by atoms with Gasteiger partial charge in [-0.05, 0) is 35.4 Å². The highest BCUT2D eigenvalue weighted by Crippen LogP contribution is 2.32. The Balaban J connectivity index is 1.97. The normalized spacial score (nSPS) is 13.6. The van der Waals surface area contributed by atoms with E-state index in [9.17, 15) is 19.1 Å². The van der Waals surface area contributed by atoms with Gasteiger partial charge in [0.1, 0.15) is 5.82 Å². The lowest BCUT2D eigenvalue weighted by molar-refractivity contribution is -0.138. The van der Waals surface area contributed by atoms with Crippen LogP contribution in [0, 0.1) is 5.82 Å². The standard InChI is InChI=1S/C18H17FN2O5/c1-25-14-4-3-9(6-15(14)26-2)16(18(23)24)21-13-7-11-10(5-12(13)19)8-20-17(11)22/h3-7,16,21H,8H2,1-2H3,(H,20,22)(H,23,24)/t16-/m0/s1. The second-order valence-electron chi connectivity index (χ2n) is 5.70. The van der Waals surface area contributed by atoms with Crippen LogP contribution in [0.4, 0.5) is 10.1 Å². The molecule has 0 saturated carbocycles. The molecule has 0 bridgehead atoms. The van der Waals surface area contributed by atoms with Crippen molar-refractivity contribution in [2.75, 3.05) is 19.5 Å². The highest BCUT2D eigenvalue weighted by atomic mass is 19.1. The van der Waals surface area contributed by atoms with Crippen LogP contribution < -0.4 is 20.1 Å². The van der Waals surface area contributed by atoms with E-state index in [1.807, 2.05) is 0 Å². The first-order valence-corrected chi connectivity index (χ1v) is 7.76. The summed E-state index contributed by atoms with van der Waals surface area (Å²) in [7, 11) is 2.90. The molecular weight excluding hydrogens is 343 g/mol. The molecule has 2 aromatic carbocycles. The van der Waals surface area contributed by atoms with Crippen molar-refractivity contribution in [3.05, 3.63) is 52.8 Å². The Morgan fingerprint density at radius 2 is 1.96 bits per heavy atom. The molecule has 0 saturated heterocycles. The van der Waals surface area contributed by atoms with Crippen LogP contribution in [0.5, 0.6) is 11.5 Å². The van der Waals surface area contributed by atoms with Crippen molar-refractivity contribution < 1.29 is 28.6 Å². The van der Waals surface area contributed by atoms with Gasteiger partial charge in [0.15, 0.2) is 17.5 Å². The van der Waals surface area contributed by atoms with Crippen molar-refractivity contribution in [2.45, 2.75) is 12.6 Å². The van der Waals surface area contributed by atoms with Crippen LogP contribution in [-0.4, -0.2) is 31.2 Å². The molecule has 26 heavy (non-hydrogen) atoms. The zero-order chi connectivity index (χ0) is 18.8. The molecule has 3 N–H and O–H groups in total. The number of hydrogen-bond acceptors (Lipinski definition) is 5. The Labute approximate surface area is 148 Å². The van der Waals surface area contributed by atoms with Crippen molar-refractivity contribution in [1.82, 2.24) is 5.32 Å². The maximum Gasteiger partial charge on any atom is 0.330 e. The lowest BCUT2D eigenvalue weighted by atomic mass is 10.0. The molecule has 0 fully saturated rings. The molecule has 1 aliphatic heterocycles. The molecule has 3 rings (SSSR count). The van der Waals surface area contributed by atoms with E-state index in [0.29, 0.717) is 28.2 Å². The van der Waals surface area contributed by atoms with Gasteiger partial charge in [-0.1, -0.05) is 6.07 Å². The number of carboxylic acids is 1. The number of methoxy groups -OCH3 is 2. The van der Waals surface area contributed by atoms with Crippen LogP contribution in [0.3, 0.4) is 0 Å². The summed E-state index contributed by atoms with van der Waals surface area (Å²) >= 11 is 0. The van der Waals surface area contributed by atoms with Gasteiger partial charge in [0.25, 0.3) is 5.91 Å². The molecule has 2 aromatic rings. The smallest absolute Gasteiger partial charge is 0.330 e. The summed E-state index contributed by atoms with van der Waals surface area (Å²) in [5.74, 6) is -1.36. The van der Waals surface area contributed by atoms with Gasteiger partial charge < -0.3 is 25.2 Å². The quantitative estimate of drug-likeness (QED) is 0.732. The highest BCUT2D eigenvalue weighted by molar-refractivity contribution is 5.99. The minimum atomic E-state index is -1.24. The molecule has 1 amide bonds. The van der Waals surface area contributed by atoms with Gasteiger partial charge in [-0.25, -0.2) is 9.18 Å². The average molecular weight is 360 g/mol. The number of hydrogen-bond donors (Lipinski definition) is 3. The summed E-state index contributed by atoms with van der Waals surface area (Å²) in [5.41, 5.74) is 1.14. The van der Waals surface area contributed by atoms with Crippen LogP contribution in [0.25, 0.3) is 0 Å². The van der Waals surface area contributed by atoms with Gasteiger partial charge >= 0.3 is 5.97 Å². The van der Waals surface area contributed by atoms with E-state index in [4.69, 9.17) is 9.47 Å². The molecule has 7 nitrogen and oxygen atoms in total. The van der Waals surface area contributed by atoms with Crippen LogP contribution in [0.1, 0.15) is 27.5 Å².